The molecule has 3 N–H and O–H groups in total. The molecule has 4 heterocycles. The number of aryl methyl sites for hydroxylation is 1. The quantitative estimate of drug-likeness (QED) is 0.121. The Morgan fingerprint density at radius 1 is 0.942 bits per heavy atom. The number of hydrogen-bond donors (Lipinski definition) is 3. The molecule has 2 bridgehead atoms. The zero-order valence-electron chi connectivity index (χ0n) is 42.6. The van der Waals surface area contributed by atoms with Gasteiger partial charge in [0.1, 0.15) is 36.5 Å². The summed E-state index contributed by atoms with van der Waals surface area (Å²) in [6, 6.07) is 7.03. The molecule has 4 aliphatic rings. The van der Waals surface area contributed by atoms with Gasteiger partial charge in [-0.3, -0.25) is 14.4 Å². The summed E-state index contributed by atoms with van der Waals surface area (Å²) < 4.78 is 36.9. The second-order valence-corrected chi connectivity index (χ2v) is 20.5. The number of methoxy groups -OCH3 is 3. The van der Waals surface area contributed by atoms with Crippen LogP contribution in [0, 0.1) is 36.5 Å². The number of esters is 1. The van der Waals surface area contributed by atoms with Gasteiger partial charge in [-0.15, -0.1) is 0 Å². The van der Waals surface area contributed by atoms with Gasteiger partial charge in [-0.2, -0.15) is 0 Å². The van der Waals surface area contributed by atoms with Crippen molar-refractivity contribution in [1.82, 2.24) is 14.9 Å². The Labute approximate surface area is 409 Å². The highest BCUT2D eigenvalue weighted by Crippen LogP contribution is 2.39. The Morgan fingerprint density at radius 3 is 2.36 bits per heavy atom. The molecule has 1 aromatic carbocycles. The van der Waals surface area contributed by atoms with Crippen molar-refractivity contribution in [2.45, 2.75) is 180 Å². The average molecular weight is 962 g/mol. The van der Waals surface area contributed by atoms with E-state index in [0.717, 1.165) is 34.6 Å². The number of benzene rings is 1. The predicted octanol–water partition coefficient (Wildman–Crippen LogP) is 7.40. The Kier molecular flexibility index (Phi) is 19.1. The smallest absolute Gasteiger partial charge is 0.329 e. The number of aliphatic hydroxyl groups excluding tert-OH is 1. The number of H-pyrrole nitrogens is 1. The molecule has 15 nitrogen and oxygen atoms in total. The van der Waals surface area contributed by atoms with Gasteiger partial charge < -0.3 is 48.5 Å². The van der Waals surface area contributed by atoms with Crippen molar-refractivity contribution in [2.75, 3.05) is 27.9 Å². The molecule has 2 aromatic rings. The molecule has 1 aromatic heterocycles. The summed E-state index contributed by atoms with van der Waals surface area (Å²) in [7, 11) is 4.75. The lowest BCUT2D eigenvalue weighted by molar-refractivity contribution is -0.302. The summed E-state index contributed by atoms with van der Waals surface area (Å²) in [6.07, 6.45) is 6.39. The van der Waals surface area contributed by atoms with E-state index in [1.807, 2.05) is 58.2 Å². The minimum absolute atomic E-state index is 0.00368. The number of aromatic amines is 1. The zero-order valence-corrected chi connectivity index (χ0v) is 42.6. The molecule has 2 saturated heterocycles. The highest BCUT2D eigenvalue weighted by molar-refractivity contribution is 6.39. The van der Waals surface area contributed by atoms with Crippen molar-refractivity contribution in [3.05, 3.63) is 65.1 Å². The van der Waals surface area contributed by atoms with Crippen molar-refractivity contribution in [2.24, 2.45) is 29.6 Å². The predicted molar refractivity (Wildman–Crippen MR) is 259 cm³/mol. The number of hydrogen-bond acceptors (Lipinski definition) is 13. The number of amides is 1. The van der Waals surface area contributed by atoms with Crippen LogP contribution in [0.25, 0.3) is 11.3 Å². The number of piperidine rings is 1. The number of nitrogens with one attached hydrogen (secondary N) is 1. The third kappa shape index (κ3) is 13.1. The third-order valence-corrected chi connectivity index (χ3v) is 15.2. The van der Waals surface area contributed by atoms with Gasteiger partial charge in [0.2, 0.25) is 5.79 Å². The Balaban J connectivity index is 1.26. The first-order valence-electron chi connectivity index (χ1n) is 25.2. The first-order valence-corrected chi connectivity index (χ1v) is 25.2. The summed E-state index contributed by atoms with van der Waals surface area (Å²) in [4.78, 5) is 66.6. The molecule has 1 saturated carbocycles. The van der Waals surface area contributed by atoms with E-state index in [-0.39, 0.29) is 62.2 Å². The number of nitrogens with zero attached hydrogens (tertiary/aromatic N) is 2. The average Bonchev–Trinajstić information content (AvgIpc) is 3.82. The van der Waals surface area contributed by atoms with E-state index in [1.54, 1.807) is 21.0 Å². The fraction of sp³-hybridized carbons (Fsp3) is 0.685. The number of ketones is 2. The van der Waals surface area contributed by atoms with E-state index in [4.69, 9.17) is 33.4 Å². The van der Waals surface area contributed by atoms with Crippen LogP contribution in [0.5, 0.6) is 0 Å². The number of aromatic nitrogens is 2. The van der Waals surface area contributed by atoms with Crippen LogP contribution in [-0.4, -0.2) is 131 Å². The van der Waals surface area contributed by atoms with E-state index < -0.39 is 77.8 Å². The number of ether oxygens (including phenoxy) is 6. The maximum absolute atomic E-state index is 14.6. The number of imidazole rings is 1. The van der Waals surface area contributed by atoms with Gasteiger partial charge in [0.05, 0.1) is 36.2 Å². The molecule has 1 amide bonds. The van der Waals surface area contributed by atoms with E-state index in [0.29, 0.717) is 50.5 Å². The molecule has 69 heavy (non-hydrogen) atoms. The van der Waals surface area contributed by atoms with Crippen molar-refractivity contribution in [1.29, 1.82) is 0 Å². The van der Waals surface area contributed by atoms with E-state index in [2.05, 4.69) is 24.1 Å². The van der Waals surface area contributed by atoms with Crippen LogP contribution in [0.2, 0.25) is 0 Å². The van der Waals surface area contributed by atoms with Crippen LogP contribution in [-0.2, 0) is 54.2 Å². The molecular formula is C54H79N3O12. The second kappa shape index (κ2) is 24.4. The van der Waals surface area contributed by atoms with Crippen LogP contribution in [0.15, 0.2) is 53.8 Å². The maximum atomic E-state index is 14.6. The number of aliphatic hydroxyl groups is 2. The summed E-state index contributed by atoms with van der Waals surface area (Å²) in [5.41, 5.74) is 4.71. The van der Waals surface area contributed by atoms with Gasteiger partial charge in [-0.1, -0.05) is 69.2 Å². The lowest BCUT2D eigenvalue weighted by Gasteiger charge is -2.47. The van der Waals surface area contributed by atoms with Gasteiger partial charge in [-0.25, -0.2) is 9.78 Å². The van der Waals surface area contributed by atoms with Gasteiger partial charge in [-0.05, 0) is 108 Å². The first kappa shape index (κ1) is 54.2. The largest absolute Gasteiger partial charge is 0.456 e. The number of rotatable bonds is 10. The second-order valence-electron chi connectivity index (χ2n) is 20.5. The monoisotopic (exact) mass is 962 g/mol. The maximum Gasteiger partial charge on any atom is 0.329 e. The summed E-state index contributed by atoms with van der Waals surface area (Å²) in [6.45, 7) is 13.7. The molecule has 382 valence electrons. The number of cyclic esters (lactones) is 1. The molecule has 14 unspecified atom stereocenters. The van der Waals surface area contributed by atoms with Crippen LogP contribution in [0.3, 0.4) is 0 Å². The minimum atomic E-state index is -2.51. The number of Topliss-reactive ketones (excluding diaryl/α,β-unsaturated/α-hetero) is 2. The van der Waals surface area contributed by atoms with Gasteiger partial charge in [0, 0.05) is 63.8 Å². The van der Waals surface area contributed by atoms with Crippen LogP contribution >= 0.6 is 0 Å². The van der Waals surface area contributed by atoms with Gasteiger partial charge in [0.25, 0.3) is 11.7 Å². The van der Waals surface area contributed by atoms with E-state index >= 15 is 0 Å². The fourth-order valence-electron chi connectivity index (χ4n) is 11.1. The Bertz CT molecular complexity index is 2140. The Morgan fingerprint density at radius 2 is 1.67 bits per heavy atom. The fourth-order valence-corrected chi connectivity index (χ4v) is 11.1. The molecule has 1 aliphatic carbocycles. The molecule has 14 atom stereocenters. The van der Waals surface area contributed by atoms with Crippen LogP contribution < -0.4 is 0 Å². The van der Waals surface area contributed by atoms with Crippen molar-refractivity contribution in [3.63, 3.8) is 0 Å². The highest BCUT2D eigenvalue weighted by atomic mass is 16.7. The lowest BCUT2D eigenvalue weighted by atomic mass is 9.81. The SMILES string of the molecule is CCC1/C=C(\C)CC(C)CC(OC)C2OC(O)(C(=O)C(=O)N3CCCCC3C(=O)OC(C(C)=CC3CCC(OCc4nc(-c5cccc(C)c5)c[nH]4)C(OC)C3)C(C)C(O)CC1=O)C(C)CC2OC. The minimum Gasteiger partial charge on any atom is -0.456 e. The first-order chi connectivity index (χ1) is 32.9. The highest BCUT2D eigenvalue weighted by Gasteiger charge is 2.56. The topological polar surface area (TPSA) is 196 Å². The van der Waals surface area contributed by atoms with Crippen molar-refractivity contribution >= 4 is 23.4 Å². The van der Waals surface area contributed by atoms with Crippen molar-refractivity contribution in [3.8, 4) is 11.3 Å². The molecule has 6 rings (SSSR count). The third-order valence-electron chi connectivity index (χ3n) is 15.2. The summed E-state index contributed by atoms with van der Waals surface area (Å²) in [5, 5.41) is 24.0. The van der Waals surface area contributed by atoms with E-state index in [9.17, 15) is 29.4 Å². The Hall–Kier alpha value is -4.09. The lowest BCUT2D eigenvalue weighted by Crippen LogP contribution is -2.64. The molecule has 3 fully saturated rings. The van der Waals surface area contributed by atoms with E-state index in [1.165, 1.54) is 19.1 Å². The normalized spacial score (nSPS) is 35.9. The van der Waals surface area contributed by atoms with Crippen LogP contribution in [0.1, 0.15) is 124 Å². The number of carbonyl (C=O) groups excluding carboxylic acids is 4. The van der Waals surface area contributed by atoms with Gasteiger partial charge in [0.15, 0.2) is 0 Å². The molecule has 0 radical (unpaired) electrons. The molecule has 3 aliphatic heterocycles. The van der Waals surface area contributed by atoms with Crippen LogP contribution in [0.4, 0.5) is 0 Å². The zero-order chi connectivity index (χ0) is 50.2. The molecule has 0 spiro atoms. The number of allylic oxidation sites excluding steroid dienone is 3. The summed E-state index contributed by atoms with van der Waals surface area (Å²) in [5.74, 6) is -6.82. The standard InChI is InChI=1S/C54H79N3O12/c1-11-38-23-32(3)21-33(4)24-46(65-9)50-47(66-10)26-35(6)54(63,69-50)51(60)52(61)57-20-13-12-17-41(57)53(62)68-49(36(7)42(58)28-43(38)59)34(5)25-37-18-19-44(45(27-37)64-8)67-30-48-55-29-40(56-48)39-16-14-15-31(2)22-39/h14-16,22-23,25,29,33,35-38,41-42,44-47,49-50,58,63H,11-13,17-21,24,26-28,30H2,1-10H3,(H,55,56)/b32-23+,34-25?. The number of carbonyl (C=O) groups is 4. The molecule has 15 heteroatoms. The number of fused-ring (bicyclic) bond motifs is 3. The van der Waals surface area contributed by atoms with Gasteiger partial charge >= 0.3 is 5.97 Å². The summed E-state index contributed by atoms with van der Waals surface area (Å²) >= 11 is 0. The molecular weight excluding hydrogens is 883 g/mol. The van der Waals surface area contributed by atoms with Crippen molar-refractivity contribution < 1.29 is 57.8 Å².